The predicted molar refractivity (Wildman–Crippen MR) is 89.1 cm³/mol. The lowest BCUT2D eigenvalue weighted by Gasteiger charge is -2.15. The molecule has 2 aromatic carbocycles. The van der Waals surface area contributed by atoms with Gasteiger partial charge in [-0.1, -0.05) is 23.8 Å². The van der Waals surface area contributed by atoms with E-state index in [1.54, 1.807) is 6.92 Å². The maximum atomic E-state index is 12.1. The van der Waals surface area contributed by atoms with E-state index in [2.05, 4.69) is 27.9 Å². The van der Waals surface area contributed by atoms with Crippen LogP contribution in [0.2, 0.25) is 0 Å². The molecule has 0 aliphatic rings. The van der Waals surface area contributed by atoms with Crippen LogP contribution in [0, 0.1) is 10.5 Å². The highest BCUT2D eigenvalue weighted by Crippen LogP contribution is 2.15. The molecule has 0 aliphatic heterocycles. The molecule has 0 fully saturated rings. The summed E-state index contributed by atoms with van der Waals surface area (Å²) in [6, 6.07) is 15.3. The van der Waals surface area contributed by atoms with Crippen LogP contribution in [0.3, 0.4) is 0 Å². The lowest BCUT2D eigenvalue weighted by molar-refractivity contribution is -0.122. The Bertz CT molecular complexity index is 596. The first kappa shape index (κ1) is 14.8. The van der Waals surface area contributed by atoms with Crippen molar-refractivity contribution in [3.05, 3.63) is 57.7 Å². The Morgan fingerprint density at radius 3 is 2.55 bits per heavy atom. The lowest BCUT2D eigenvalue weighted by atomic mass is 10.2. The van der Waals surface area contributed by atoms with Gasteiger partial charge in [0.05, 0.1) is 0 Å². The van der Waals surface area contributed by atoms with E-state index in [1.165, 1.54) is 0 Å². The van der Waals surface area contributed by atoms with E-state index in [1.807, 2.05) is 55.5 Å². The fourth-order valence-corrected chi connectivity index (χ4v) is 2.23. The van der Waals surface area contributed by atoms with Gasteiger partial charge in [-0.2, -0.15) is 0 Å². The molecule has 0 bridgehead atoms. The third kappa shape index (κ3) is 4.23. The van der Waals surface area contributed by atoms with Gasteiger partial charge in [-0.15, -0.1) is 0 Å². The minimum Gasteiger partial charge on any atom is -0.481 e. The number of aryl methyl sites for hydroxylation is 1. The highest BCUT2D eigenvalue weighted by Gasteiger charge is 2.14. The van der Waals surface area contributed by atoms with Crippen molar-refractivity contribution in [2.75, 3.05) is 5.32 Å². The van der Waals surface area contributed by atoms with Crippen molar-refractivity contribution in [1.29, 1.82) is 0 Å². The maximum absolute atomic E-state index is 12.1. The fourth-order valence-electron chi connectivity index (χ4n) is 1.68. The van der Waals surface area contributed by atoms with Crippen LogP contribution in [-0.2, 0) is 4.79 Å². The van der Waals surface area contributed by atoms with Crippen LogP contribution >= 0.6 is 22.6 Å². The topological polar surface area (TPSA) is 38.3 Å². The molecule has 0 aromatic heterocycles. The third-order valence-corrected chi connectivity index (χ3v) is 3.47. The summed E-state index contributed by atoms with van der Waals surface area (Å²) in [7, 11) is 0. The van der Waals surface area contributed by atoms with Crippen LogP contribution in [0.4, 0.5) is 5.69 Å². The summed E-state index contributed by atoms with van der Waals surface area (Å²) in [6.07, 6.45) is -0.546. The van der Waals surface area contributed by atoms with Crippen molar-refractivity contribution in [2.24, 2.45) is 0 Å². The molecule has 2 aromatic rings. The standard InChI is InChI=1S/C16H16INO2/c1-11-6-8-15(9-7-11)20-12(2)16(19)18-14-5-3-4-13(17)10-14/h3-10,12H,1-2H3,(H,18,19). The molecular formula is C16H16INO2. The first-order valence-electron chi connectivity index (χ1n) is 6.34. The molecule has 1 atom stereocenters. The summed E-state index contributed by atoms with van der Waals surface area (Å²) < 4.78 is 6.70. The monoisotopic (exact) mass is 381 g/mol. The Labute approximate surface area is 132 Å². The lowest BCUT2D eigenvalue weighted by Crippen LogP contribution is -2.30. The van der Waals surface area contributed by atoms with Crippen LogP contribution in [0.25, 0.3) is 0 Å². The summed E-state index contributed by atoms with van der Waals surface area (Å²) in [4.78, 5) is 12.1. The minimum absolute atomic E-state index is 0.160. The maximum Gasteiger partial charge on any atom is 0.265 e. The number of hydrogen-bond donors (Lipinski definition) is 1. The number of carbonyl (C=O) groups excluding carboxylic acids is 1. The Morgan fingerprint density at radius 2 is 1.90 bits per heavy atom. The highest BCUT2D eigenvalue weighted by atomic mass is 127. The molecule has 0 spiro atoms. The smallest absolute Gasteiger partial charge is 0.265 e. The van der Waals surface area contributed by atoms with Gasteiger partial charge >= 0.3 is 0 Å². The van der Waals surface area contributed by atoms with Gasteiger partial charge in [-0.05, 0) is 66.8 Å². The zero-order valence-corrected chi connectivity index (χ0v) is 13.5. The van der Waals surface area contributed by atoms with E-state index in [-0.39, 0.29) is 5.91 Å². The Hall–Kier alpha value is -1.56. The summed E-state index contributed by atoms with van der Waals surface area (Å²) in [6.45, 7) is 3.75. The molecule has 104 valence electrons. The third-order valence-electron chi connectivity index (χ3n) is 2.80. The normalized spacial score (nSPS) is 11.8. The van der Waals surface area contributed by atoms with Crippen LogP contribution in [0.15, 0.2) is 48.5 Å². The molecule has 0 heterocycles. The van der Waals surface area contributed by atoms with Gasteiger partial charge < -0.3 is 10.1 Å². The van der Waals surface area contributed by atoms with Crippen molar-refractivity contribution in [3.63, 3.8) is 0 Å². The van der Waals surface area contributed by atoms with Crippen molar-refractivity contribution < 1.29 is 9.53 Å². The van der Waals surface area contributed by atoms with E-state index < -0.39 is 6.10 Å². The number of benzene rings is 2. The second kappa shape index (κ2) is 6.74. The van der Waals surface area contributed by atoms with Gasteiger partial charge in [0.1, 0.15) is 5.75 Å². The summed E-state index contributed by atoms with van der Waals surface area (Å²) in [5.41, 5.74) is 1.94. The van der Waals surface area contributed by atoms with Crippen molar-refractivity contribution in [2.45, 2.75) is 20.0 Å². The molecule has 0 saturated heterocycles. The van der Waals surface area contributed by atoms with Crippen molar-refractivity contribution in [3.8, 4) is 5.75 Å². The average Bonchev–Trinajstić information content (AvgIpc) is 2.41. The van der Waals surface area contributed by atoms with Gasteiger partial charge in [0.2, 0.25) is 0 Å². The molecule has 4 heteroatoms. The van der Waals surface area contributed by atoms with Gasteiger partial charge in [-0.3, -0.25) is 4.79 Å². The second-order valence-corrected chi connectivity index (χ2v) is 5.82. The number of hydrogen-bond acceptors (Lipinski definition) is 2. The SMILES string of the molecule is Cc1ccc(OC(C)C(=O)Nc2cccc(I)c2)cc1. The molecule has 2 rings (SSSR count). The zero-order chi connectivity index (χ0) is 14.5. The molecule has 1 amide bonds. The summed E-state index contributed by atoms with van der Waals surface area (Å²) in [5, 5.41) is 2.85. The van der Waals surface area contributed by atoms with E-state index >= 15 is 0 Å². The molecule has 1 unspecified atom stereocenters. The number of rotatable bonds is 4. The summed E-state index contributed by atoms with van der Waals surface area (Å²) in [5.74, 6) is 0.536. The van der Waals surface area contributed by atoms with E-state index in [0.29, 0.717) is 5.75 Å². The minimum atomic E-state index is -0.546. The first-order chi connectivity index (χ1) is 9.54. The fraction of sp³-hybridized carbons (Fsp3) is 0.188. The number of anilines is 1. The van der Waals surface area contributed by atoms with Crippen LogP contribution in [-0.4, -0.2) is 12.0 Å². The highest BCUT2D eigenvalue weighted by molar-refractivity contribution is 14.1. The number of halogens is 1. The van der Waals surface area contributed by atoms with Crippen LogP contribution in [0.5, 0.6) is 5.75 Å². The first-order valence-corrected chi connectivity index (χ1v) is 7.42. The van der Waals surface area contributed by atoms with Crippen LogP contribution < -0.4 is 10.1 Å². The van der Waals surface area contributed by atoms with Gasteiger partial charge in [-0.25, -0.2) is 0 Å². The predicted octanol–water partition coefficient (Wildman–Crippen LogP) is 4.01. The van der Waals surface area contributed by atoms with Crippen molar-refractivity contribution in [1.82, 2.24) is 0 Å². The molecular weight excluding hydrogens is 365 g/mol. The number of ether oxygens (including phenoxy) is 1. The molecule has 0 aliphatic carbocycles. The van der Waals surface area contributed by atoms with E-state index in [9.17, 15) is 4.79 Å². The Morgan fingerprint density at radius 1 is 1.20 bits per heavy atom. The molecule has 1 N–H and O–H groups in total. The molecule has 0 radical (unpaired) electrons. The molecule has 0 saturated carbocycles. The number of nitrogens with one attached hydrogen (secondary N) is 1. The van der Waals surface area contributed by atoms with Gasteiger partial charge in [0.15, 0.2) is 6.10 Å². The largest absolute Gasteiger partial charge is 0.481 e. The van der Waals surface area contributed by atoms with E-state index in [4.69, 9.17) is 4.74 Å². The van der Waals surface area contributed by atoms with Crippen LogP contribution in [0.1, 0.15) is 12.5 Å². The van der Waals surface area contributed by atoms with Crippen molar-refractivity contribution >= 4 is 34.2 Å². The average molecular weight is 381 g/mol. The van der Waals surface area contributed by atoms with Gasteiger partial charge in [0, 0.05) is 9.26 Å². The second-order valence-electron chi connectivity index (χ2n) is 4.57. The Balaban J connectivity index is 1.96. The molecule has 3 nitrogen and oxygen atoms in total. The summed E-state index contributed by atoms with van der Waals surface area (Å²) >= 11 is 2.21. The van der Waals surface area contributed by atoms with E-state index in [0.717, 1.165) is 14.8 Å². The molecule has 20 heavy (non-hydrogen) atoms. The quantitative estimate of drug-likeness (QED) is 0.813. The number of amides is 1. The zero-order valence-electron chi connectivity index (χ0n) is 11.4. The Kier molecular flexibility index (Phi) is 5.00. The number of carbonyl (C=O) groups is 1. The van der Waals surface area contributed by atoms with Gasteiger partial charge in [0.25, 0.3) is 5.91 Å².